The molecule has 0 unspecified atom stereocenters. The third kappa shape index (κ3) is 4.39. The van der Waals surface area contributed by atoms with Crippen LogP contribution in [0.4, 0.5) is 5.82 Å². The molecule has 0 spiro atoms. The molecule has 3 rings (SSSR count). The molecule has 2 fully saturated rings. The summed E-state index contributed by atoms with van der Waals surface area (Å²) < 4.78 is 0. The Morgan fingerprint density at radius 1 is 1.32 bits per heavy atom. The number of hydrogen-bond acceptors (Lipinski definition) is 4. The van der Waals surface area contributed by atoms with Gasteiger partial charge in [-0.15, -0.1) is 0 Å². The largest absolute Gasteiger partial charge is 0.357 e. The van der Waals surface area contributed by atoms with E-state index in [-0.39, 0.29) is 17.5 Å². The van der Waals surface area contributed by atoms with Gasteiger partial charge in [0.15, 0.2) is 5.96 Å². The molecule has 0 atom stereocenters. The predicted molar refractivity (Wildman–Crippen MR) is 114 cm³/mol. The molecule has 2 aliphatic heterocycles. The molecule has 1 aromatic rings. The number of aliphatic imine (C=N–C) groups is 1. The monoisotopic (exact) mass is 386 g/mol. The molecule has 154 valence electrons. The Kier molecular flexibility index (Phi) is 6.10. The lowest BCUT2D eigenvalue weighted by molar-refractivity contribution is -0.145. The van der Waals surface area contributed by atoms with E-state index in [4.69, 9.17) is 0 Å². The molecule has 1 N–H and O–H groups in total. The highest BCUT2D eigenvalue weighted by atomic mass is 16.2. The Bertz CT molecular complexity index is 723. The van der Waals surface area contributed by atoms with E-state index in [2.05, 4.69) is 58.9 Å². The molecule has 0 radical (unpaired) electrons. The quantitative estimate of drug-likeness (QED) is 0.634. The standard InChI is InChI=1S/C21H34N6O/c1-16(2)27-19(28)14-26(15-21(27,3)4)20(22-5)24-13-17-8-9-23-18(12-17)25-10-6-7-11-25/h8-9,12,16H,6-7,10-11,13-15H2,1-5H3,(H,22,24). The molecule has 7 nitrogen and oxygen atoms in total. The number of amides is 1. The number of carbonyl (C=O) groups is 1. The van der Waals surface area contributed by atoms with Crippen LogP contribution in [0.5, 0.6) is 0 Å². The van der Waals surface area contributed by atoms with Gasteiger partial charge in [-0.1, -0.05) is 0 Å². The summed E-state index contributed by atoms with van der Waals surface area (Å²) in [6, 6.07) is 4.38. The van der Waals surface area contributed by atoms with Crippen LogP contribution in [0.25, 0.3) is 0 Å². The molecule has 1 amide bonds. The molecular formula is C21H34N6O. The molecule has 3 heterocycles. The zero-order valence-corrected chi connectivity index (χ0v) is 17.9. The molecule has 28 heavy (non-hydrogen) atoms. The van der Waals surface area contributed by atoms with Gasteiger partial charge in [-0.05, 0) is 58.2 Å². The van der Waals surface area contributed by atoms with Crippen LogP contribution < -0.4 is 10.2 Å². The summed E-state index contributed by atoms with van der Waals surface area (Å²) in [5, 5.41) is 3.43. The maximum Gasteiger partial charge on any atom is 0.242 e. The van der Waals surface area contributed by atoms with Gasteiger partial charge in [0.05, 0.1) is 12.1 Å². The topological polar surface area (TPSA) is 64.1 Å². The minimum absolute atomic E-state index is 0.148. The van der Waals surface area contributed by atoms with E-state index in [0.29, 0.717) is 13.1 Å². The normalized spacial score (nSPS) is 20.3. The van der Waals surface area contributed by atoms with Crippen molar-refractivity contribution in [1.29, 1.82) is 0 Å². The maximum absolute atomic E-state index is 12.7. The number of rotatable bonds is 4. The van der Waals surface area contributed by atoms with Crippen LogP contribution in [0.2, 0.25) is 0 Å². The van der Waals surface area contributed by atoms with E-state index < -0.39 is 0 Å². The van der Waals surface area contributed by atoms with Gasteiger partial charge in [-0.2, -0.15) is 0 Å². The molecule has 0 aliphatic carbocycles. The van der Waals surface area contributed by atoms with Crippen molar-refractivity contribution >= 4 is 17.7 Å². The molecule has 0 aromatic carbocycles. The van der Waals surface area contributed by atoms with Crippen LogP contribution in [-0.2, 0) is 11.3 Å². The first kappa shape index (κ1) is 20.4. The SMILES string of the molecule is CN=C(NCc1ccnc(N2CCCC2)c1)N1CC(=O)N(C(C)C)C(C)(C)C1. The molecular weight excluding hydrogens is 352 g/mol. The highest BCUT2D eigenvalue weighted by Gasteiger charge is 2.40. The van der Waals surface area contributed by atoms with Crippen molar-refractivity contribution < 1.29 is 4.79 Å². The Hall–Kier alpha value is -2.31. The first-order valence-corrected chi connectivity index (χ1v) is 10.3. The van der Waals surface area contributed by atoms with Crippen LogP contribution in [0.15, 0.2) is 23.3 Å². The number of piperazine rings is 1. The van der Waals surface area contributed by atoms with Crippen LogP contribution in [0.3, 0.4) is 0 Å². The number of anilines is 1. The summed E-state index contributed by atoms with van der Waals surface area (Å²) >= 11 is 0. The van der Waals surface area contributed by atoms with Gasteiger partial charge in [-0.3, -0.25) is 9.79 Å². The third-order valence-corrected chi connectivity index (χ3v) is 5.54. The summed E-state index contributed by atoms with van der Waals surface area (Å²) in [6.07, 6.45) is 4.35. The van der Waals surface area contributed by atoms with Crippen molar-refractivity contribution in [2.45, 2.75) is 58.7 Å². The Balaban J connectivity index is 1.65. The molecule has 0 bridgehead atoms. The second-order valence-corrected chi connectivity index (χ2v) is 8.64. The van der Waals surface area contributed by atoms with Crippen LogP contribution in [0.1, 0.15) is 46.1 Å². The van der Waals surface area contributed by atoms with Gasteiger partial charge in [0.25, 0.3) is 0 Å². The van der Waals surface area contributed by atoms with Crippen molar-refractivity contribution in [3.05, 3.63) is 23.9 Å². The van der Waals surface area contributed by atoms with Crippen molar-refractivity contribution in [3.63, 3.8) is 0 Å². The molecule has 2 aliphatic rings. The number of aromatic nitrogens is 1. The predicted octanol–water partition coefficient (Wildman–Crippen LogP) is 2.09. The van der Waals surface area contributed by atoms with Gasteiger partial charge in [0.2, 0.25) is 5.91 Å². The summed E-state index contributed by atoms with van der Waals surface area (Å²) in [7, 11) is 1.77. The van der Waals surface area contributed by atoms with E-state index >= 15 is 0 Å². The van der Waals surface area contributed by atoms with E-state index in [0.717, 1.165) is 31.4 Å². The lowest BCUT2D eigenvalue weighted by Crippen LogP contribution is -2.66. The number of carbonyl (C=O) groups excluding carboxylic acids is 1. The first-order valence-electron chi connectivity index (χ1n) is 10.3. The van der Waals surface area contributed by atoms with E-state index in [1.807, 2.05) is 17.2 Å². The van der Waals surface area contributed by atoms with Crippen LogP contribution in [-0.4, -0.2) is 71.5 Å². The van der Waals surface area contributed by atoms with Crippen molar-refractivity contribution in [2.24, 2.45) is 4.99 Å². The molecule has 2 saturated heterocycles. The number of pyridine rings is 1. The van der Waals surface area contributed by atoms with Crippen molar-refractivity contribution in [3.8, 4) is 0 Å². The molecule has 1 aromatic heterocycles. The zero-order chi connectivity index (χ0) is 20.3. The van der Waals surface area contributed by atoms with Gasteiger partial charge >= 0.3 is 0 Å². The van der Waals surface area contributed by atoms with Gasteiger partial charge < -0.3 is 20.0 Å². The molecule has 7 heteroatoms. The minimum atomic E-state index is -0.235. The number of guanidine groups is 1. The Labute approximate surface area is 168 Å². The Morgan fingerprint density at radius 2 is 2.04 bits per heavy atom. The van der Waals surface area contributed by atoms with Crippen LogP contribution >= 0.6 is 0 Å². The van der Waals surface area contributed by atoms with Gasteiger partial charge in [0, 0.05) is 45.5 Å². The number of hydrogen-bond donors (Lipinski definition) is 1. The average Bonchev–Trinajstić information content (AvgIpc) is 3.15. The fourth-order valence-corrected chi connectivity index (χ4v) is 4.52. The lowest BCUT2D eigenvalue weighted by Gasteiger charge is -2.49. The second-order valence-electron chi connectivity index (χ2n) is 8.64. The van der Waals surface area contributed by atoms with Crippen molar-refractivity contribution in [2.75, 3.05) is 38.1 Å². The molecule has 0 saturated carbocycles. The summed E-state index contributed by atoms with van der Waals surface area (Å²) in [5.41, 5.74) is 0.935. The van der Waals surface area contributed by atoms with Gasteiger partial charge in [0.1, 0.15) is 5.82 Å². The highest BCUT2D eigenvalue weighted by Crippen LogP contribution is 2.24. The highest BCUT2D eigenvalue weighted by molar-refractivity contribution is 5.88. The maximum atomic E-state index is 12.7. The number of nitrogens with one attached hydrogen (secondary N) is 1. The number of nitrogens with zero attached hydrogens (tertiary/aromatic N) is 5. The second kappa shape index (κ2) is 8.37. The summed E-state index contributed by atoms with van der Waals surface area (Å²) in [4.78, 5) is 28.1. The van der Waals surface area contributed by atoms with E-state index in [1.165, 1.54) is 18.4 Å². The fourth-order valence-electron chi connectivity index (χ4n) is 4.52. The van der Waals surface area contributed by atoms with Crippen molar-refractivity contribution in [1.82, 2.24) is 20.1 Å². The summed E-state index contributed by atoms with van der Waals surface area (Å²) in [5.74, 6) is 1.97. The van der Waals surface area contributed by atoms with E-state index in [9.17, 15) is 4.79 Å². The Morgan fingerprint density at radius 3 is 2.64 bits per heavy atom. The average molecular weight is 387 g/mol. The summed E-state index contributed by atoms with van der Waals surface area (Å²) in [6.45, 7) is 12.3. The lowest BCUT2D eigenvalue weighted by atomic mass is 9.96. The fraction of sp³-hybridized carbons (Fsp3) is 0.667. The first-order chi connectivity index (χ1) is 13.3. The van der Waals surface area contributed by atoms with Crippen LogP contribution in [0, 0.1) is 0 Å². The smallest absolute Gasteiger partial charge is 0.242 e. The van der Waals surface area contributed by atoms with E-state index in [1.54, 1.807) is 7.05 Å². The minimum Gasteiger partial charge on any atom is -0.357 e. The van der Waals surface area contributed by atoms with Gasteiger partial charge in [-0.25, -0.2) is 4.98 Å². The third-order valence-electron chi connectivity index (χ3n) is 5.54. The zero-order valence-electron chi connectivity index (χ0n) is 17.9.